The van der Waals surface area contributed by atoms with Crippen LogP contribution in [0.25, 0.3) is 20.8 Å². The first-order valence-electron chi connectivity index (χ1n) is 12.5. The third kappa shape index (κ3) is 6.07. The highest BCUT2D eigenvalue weighted by molar-refractivity contribution is 7.90. The van der Waals surface area contributed by atoms with Gasteiger partial charge >= 0.3 is 0 Å². The number of benzene rings is 1. The molecular weight excluding hydrogens is 504 g/mol. The molecule has 37 heavy (non-hydrogen) atoms. The standard InChI is InChI=1S/C27H32N6O2S2/c1-16-5-8-20(9-6-16)17(2)29-27-30-18(3)24(26-32-22-14-28-12-11-23(22)36-26)25(33-27)31-21-10-7-19(13-21)15-37(4,34)35/h5-6,8-9,11-12,14,17,19,21H,7,10,13,15H2,1-4H3,(H2,29,30,31,33)/t17-,19-,21+/m1/s1. The Labute approximate surface area is 221 Å². The van der Waals surface area contributed by atoms with Crippen molar-refractivity contribution in [1.82, 2.24) is 19.9 Å². The number of hydrogen-bond acceptors (Lipinski definition) is 9. The molecule has 3 atom stereocenters. The summed E-state index contributed by atoms with van der Waals surface area (Å²) < 4.78 is 24.7. The van der Waals surface area contributed by atoms with E-state index < -0.39 is 9.84 Å². The largest absolute Gasteiger partial charge is 0.367 e. The zero-order valence-electron chi connectivity index (χ0n) is 21.5. The van der Waals surface area contributed by atoms with Gasteiger partial charge in [-0.1, -0.05) is 29.8 Å². The van der Waals surface area contributed by atoms with Gasteiger partial charge in [0, 0.05) is 18.5 Å². The second-order valence-corrected chi connectivity index (χ2v) is 13.3. The molecular formula is C27H32N6O2S2. The number of hydrogen-bond donors (Lipinski definition) is 2. The van der Waals surface area contributed by atoms with E-state index >= 15 is 0 Å². The number of aromatic nitrogens is 4. The van der Waals surface area contributed by atoms with Gasteiger partial charge in [0.2, 0.25) is 5.95 Å². The van der Waals surface area contributed by atoms with Gasteiger partial charge in [-0.3, -0.25) is 4.98 Å². The van der Waals surface area contributed by atoms with Gasteiger partial charge in [-0.15, -0.1) is 11.3 Å². The van der Waals surface area contributed by atoms with Crippen molar-refractivity contribution in [3.05, 3.63) is 59.5 Å². The van der Waals surface area contributed by atoms with Crippen LogP contribution in [0, 0.1) is 19.8 Å². The predicted octanol–water partition coefficient (Wildman–Crippen LogP) is 5.56. The molecule has 1 aliphatic carbocycles. The van der Waals surface area contributed by atoms with Gasteiger partial charge < -0.3 is 10.6 Å². The van der Waals surface area contributed by atoms with Crippen LogP contribution >= 0.6 is 11.3 Å². The number of fused-ring (bicyclic) bond motifs is 1. The van der Waals surface area contributed by atoms with E-state index in [9.17, 15) is 8.42 Å². The zero-order valence-corrected chi connectivity index (χ0v) is 23.2. The van der Waals surface area contributed by atoms with Gasteiger partial charge in [-0.2, -0.15) is 4.98 Å². The monoisotopic (exact) mass is 536 g/mol. The molecule has 2 N–H and O–H groups in total. The Balaban J connectivity index is 1.47. The first kappa shape index (κ1) is 25.5. The Morgan fingerprint density at radius 2 is 1.86 bits per heavy atom. The van der Waals surface area contributed by atoms with E-state index in [-0.39, 0.29) is 23.8 Å². The fourth-order valence-corrected chi connectivity index (χ4v) is 7.19. The fourth-order valence-electron chi connectivity index (χ4n) is 5.00. The molecule has 0 saturated heterocycles. The second kappa shape index (κ2) is 10.3. The average molecular weight is 537 g/mol. The van der Waals surface area contributed by atoms with Crippen LogP contribution in [0.1, 0.15) is 49.0 Å². The number of sulfone groups is 1. The van der Waals surface area contributed by atoms with E-state index in [0.717, 1.165) is 57.1 Å². The molecule has 0 aliphatic heterocycles. The summed E-state index contributed by atoms with van der Waals surface area (Å²) in [5, 5.41) is 7.93. The van der Waals surface area contributed by atoms with Crippen LogP contribution < -0.4 is 10.6 Å². The lowest BCUT2D eigenvalue weighted by Crippen LogP contribution is -2.20. The zero-order chi connectivity index (χ0) is 26.2. The van der Waals surface area contributed by atoms with E-state index in [0.29, 0.717) is 5.95 Å². The van der Waals surface area contributed by atoms with Crippen LogP contribution in [-0.4, -0.2) is 46.4 Å². The van der Waals surface area contributed by atoms with Crippen LogP contribution in [0.4, 0.5) is 11.8 Å². The lowest BCUT2D eigenvalue weighted by Gasteiger charge is -2.20. The Hall–Kier alpha value is -3.11. The normalized spacial score (nSPS) is 18.7. The second-order valence-electron chi connectivity index (χ2n) is 10.1. The number of thiazole rings is 1. The van der Waals surface area contributed by atoms with Gasteiger partial charge in [0.25, 0.3) is 0 Å². The molecule has 194 valence electrons. The summed E-state index contributed by atoms with van der Waals surface area (Å²) in [4.78, 5) is 18.8. The Bertz CT molecular complexity index is 1480. The molecule has 8 nitrogen and oxygen atoms in total. The van der Waals surface area contributed by atoms with Gasteiger partial charge in [-0.05, 0) is 57.6 Å². The first-order valence-corrected chi connectivity index (χ1v) is 15.4. The van der Waals surface area contributed by atoms with Gasteiger partial charge in [0.1, 0.15) is 26.2 Å². The van der Waals surface area contributed by atoms with Crippen LogP contribution in [0.2, 0.25) is 0 Å². The average Bonchev–Trinajstić information content (AvgIpc) is 3.44. The SMILES string of the molecule is Cc1ccc([C@@H](C)Nc2nc(C)c(-c3nc4cnccc4s3)c(N[C@H]3CC[C@@H](CS(C)(=O)=O)C3)n2)cc1. The van der Waals surface area contributed by atoms with E-state index in [2.05, 4.69) is 53.7 Å². The highest BCUT2D eigenvalue weighted by atomic mass is 32.2. The molecule has 3 aromatic heterocycles. The van der Waals surface area contributed by atoms with Crippen molar-refractivity contribution in [2.75, 3.05) is 22.6 Å². The van der Waals surface area contributed by atoms with Gasteiger partial charge in [0.15, 0.2) is 0 Å². The number of rotatable bonds is 8. The summed E-state index contributed by atoms with van der Waals surface area (Å²) in [5.41, 5.74) is 4.92. The van der Waals surface area contributed by atoms with Crippen molar-refractivity contribution in [2.24, 2.45) is 5.92 Å². The molecule has 3 heterocycles. The molecule has 0 bridgehead atoms. The maximum atomic E-state index is 11.8. The number of nitrogens with one attached hydrogen (secondary N) is 2. The van der Waals surface area contributed by atoms with Crippen LogP contribution in [0.3, 0.4) is 0 Å². The predicted molar refractivity (Wildman–Crippen MR) is 151 cm³/mol. The van der Waals surface area contributed by atoms with Crippen molar-refractivity contribution in [3.63, 3.8) is 0 Å². The minimum absolute atomic E-state index is 0.0258. The highest BCUT2D eigenvalue weighted by Gasteiger charge is 2.29. The number of anilines is 2. The fraction of sp³-hybridized carbons (Fsp3) is 0.407. The lowest BCUT2D eigenvalue weighted by molar-refractivity contribution is 0.560. The van der Waals surface area contributed by atoms with Crippen molar-refractivity contribution in [1.29, 1.82) is 0 Å². The first-order chi connectivity index (χ1) is 17.6. The van der Waals surface area contributed by atoms with Crippen LogP contribution in [-0.2, 0) is 9.84 Å². The van der Waals surface area contributed by atoms with E-state index in [1.165, 1.54) is 11.8 Å². The molecule has 10 heteroatoms. The topological polar surface area (TPSA) is 110 Å². The molecule has 4 aromatic rings. The Kier molecular flexibility index (Phi) is 7.13. The van der Waals surface area contributed by atoms with Crippen LogP contribution in [0.15, 0.2) is 42.7 Å². The van der Waals surface area contributed by atoms with Gasteiger partial charge in [-0.25, -0.2) is 18.4 Å². The van der Waals surface area contributed by atoms with E-state index in [1.807, 2.05) is 13.0 Å². The third-order valence-corrected chi connectivity index (χ3v) is 8.97. The van der Waals surface area contributed by atoms with E-state index in [4.69, 9.17) is 15.0 Å². The summed E-state index contributed by atoms with van der Waals surface area (Å²) in [6, 6.07) is 10.6. The van der Waals surface area contributed by atoms with Crippen molar-refractivity contribution >= 4 is 43.2 Å². The Morgan fingerprint density at radius 3 is 2.59 bits per heavy atom. The minimum atomic E-state index is -3.00. The highest BCUT2D eigenvalue weighted by Crippen LogP contribution is 2.38. The quantitative estimate of drug-likeness (QED) is 0.301. The van der Waals surface area contributed by atoms with Crippen LogP contribution in [0.5, 0.6) is 0 Å². The van der Waals surface area contributed by atoms with E-state index in [1.54, 1.807) is 23.7 Å². The summed E-state index contributed by atoms with van der Waals surface area (Å²) in [7, 11) is -3.00. The number of nitrogens with zero attached hydrogens (tertiary/aromatic N) is 4. The smallest absolute Gasteiger partial charge is 0.225 e. The van der Waals surface area contributed by atoms with Gasteiger partial charge in [0.05, 0.1) is 33.9 Å². The number of pyridine rings is 1. The molecule has 0 spiro atoms. The minimum Gasteiger partial charge on any atom is -0.367 e. The van der Waals surface area contributed by atoms with Crippen molar-refractivity contribution < 1.29 is 8.42 Å². The molecule has 0 radical (unpaired) electrons. The molecule has 1 fully saturated rings. The third-order valence-electron chi connectivity index (χ3n) is 6.84. The summed E-state index contributed by atoms with van der Waals surface area (Å²) in [6.45, 7) is 6.15. The molecule has 5 rings (SSSR count). The molecule has 0 amide bonds. The molecule has 0 unspecified atom stereocenters. The summed E-state index contributed by atoms with van der Waals surface area (Å²) in [5.74, 6) is 1.66. The van der Waals surface area contributed by atoms with Crippen molar-refractivity contribution in [3.8, 4) is 10.6 Å². The number of aryl methyl sites for hydroxylation is 2. The molecule has 1 saturated carbocycles. The van der Waals surface area contributed by atoms with Crippen molar-refractivity contribution in [2.45, 2.75) is 52.1 Å². The molecule has 1 aromatic carbocycles. The summed E-state index contributed by atoms with van der Waals surface area (Å²) in [6.07, 6.45) is 7.43. The lowest BCUT2D eigenvalue weighted by atomic mass is 10.1. The molecule has 1 aliphatic rings. The Morgan fingerprint density at radius 1 is 1.08 bits per heavy atom. The maximum absolute atomic E-state index is 11.8. The summed E-state index contributed by atoms with van der Waals surface area (Å²) >= 11 is 1.59. The maximum Gasteiger partial charge on any atom is 0.225 e.